The van der Waals surface area contributed by atoms with Crippen LogP contribution in [0.1, 0.15) is 68.2 Å². The van der Waals surface area contributed by atoms with Gasteiger partial charge in [0, 0.05) is 32.4 Å². The summed E-state index contributed by atoms with van der Waals surface area (Å²) in [5, 5.41) is 2.93. The van der Waals surface area contributed by atoms with Gasteiger partial charge in [0.1, 0.15) is 12.6 Å². The lowest BCUT2D eigenvalue weighted by Gasteiger charge is -2.20. The largest absolute Gasteiger partial charge is 0.379 e. The van der Waals surface area contributed by atoms with E-state index in [1.165, 1.54) is 0 Å². The van der Waals surface area contributed by atoms with Gasteiger partial charge >= 0.3 is 0 Å². The summed E-state index contributed by atoms with van der Waals surface area (Å²) in [4.78, 5) is 33.9. The van der Waals surface area contributed by atoms with E-state index in [1.807, 2.05) is 48.6 Å². The molecule has 1 amide bonds. The van der Waals surface area contributed by atoms with Crippen LogP contribution < -0.4 is 5.32 Å². The smallest absolute Gasteiger partial charge is 0.225 e. The Balaban J connectivity index is -0.000000259. The Bertz CT molecular complexity index is 385. The number of nitrogens with one attached hydrogen (secondary N) is 1. The highest BCUT2D eigenvalue weighted by Crippen LogP contribution is 2.03. The molecule has 0 rings (SSSR count). The van der Waals surface area contributed by atoms with Crippen molar-refractivity contribution in [1.29, 1.82) is 0 Å². The van der Waals surface area contributed by atoms with Crippen LogP contribution in [-0.2, 0) is 33.3 Å². The normalized spacial score (nSPS) is 9.89. The highest BCUT2D eigenvalue weighted by atomic mass is 16.6. The molecule has 0 saturated heterocycles. The minimum atomic E-state index is -0.291. The SMILES string of the molecule is CC.CC.CC.CC(CC=O)C(=O)N(C)CCOCCOCCOCCOCCC=O.CCNC. The lowest BCUT2D eigenvalue weighted by Crippen LogP contribution is -2.34. The first kappa shape index (κ1) is 43.7. The van der Waals surface area contributed by atoms with Gasteiger partial charge in [-0.2, -0.15) is 0 Å². The second kappa shape index (κ2) is 46.0. The molecule has 214 valence electrons. The van der Waals surface area contributed by atoms with Crippen LogP contribution in [0.5, 0.6) is 0 Å². The summed E-state index contributed by atoms with van der Waals surface area (Å²) in [5.41, 5.74) is 0. The van der Waals surface area contributed by atoms with Gasteiger partial charge in [0.15, 0.2) is 0 Å². The molecule has 0 heterocycles. The number of nitrogens with zero attached hydrogens (tertiary/aromatic N) is 1. The van der Waals surface area contributed by atoms with Crippen LogP contribution in [0.4, 0.5) is 0 Å². The average molecular weight is 511 g/mol. The third-order valence-electron chi connectivity index (χ3n) is 3.67. The molecule has 0 bridgehead atoms. The summed E-state index contributed by atoms with van der Waals surface area (Å²) in [7, 11) is 3.63. The van der Waals surface area contributed by atoms with Gasteiger partial charge in [0.2, 0.25) is 5.91 Å². The third kappa shape index (κ3) is 43.2. The number of aldehydes is 2. The standard InChI is InChI=1S/C17H31NO7.C3H9N.3C2H6/c1-16(4-7-20)17(21)18(2)5-9-23-11-13-25-15-14-24-12-10-22-8-3-6-19;1-3-4-2;3*1-2/h6-7,16H,3-5,8-15H2,1-2H3;4H,3H2,1-2H3;3*1-2H3. The number of rotatable bonds is 19. The molecule has 35 heavy (non-hydrogen) atoms. The fourth-order valence-electron chi connectivity index (χ4n) is 1.83. The Morgan fingerprint density at radius 3 is 1.49 bits per heavy atom. The zero-order valence-electron chi connectivity index (χ0n) is 24.5. The van der Waals surface area contributed by atoms with E-state index < -0.39 is 0 Å². The topological polar surface area (TPSA) is 103 Å². The van der Waals surface area contributed by atoms with Gasteiger partial charge in [0.25, 0.3) is 0 Å². The molecule has 0 aliphatic rings. The van der Waals surface area contributed by atoms with Crippen LogP contribution in [-0.4, -0.2) is 103 Å². The van der Waals surface area contributed by atoms with E-state index in [4.69, 9.17) is 18.9 Å². The number of amides is 1. The molecule has 1 atom stereocenters. The number of likely N-dealkylation sites (N-methyl/N-ethyl adjacent to an activating group) is 1. The number of carbonyl (C=O) groups excluding carboxylic acids is 3. The van der Waals surface area contributed by atoms with Gasteiger partial charge in [-0.25, -0.2) is 0 Å². The first-order valence-corrected chi connectivity index (χ1v) is 13.1. The Morgan fingerprint density at radius 1 is 0.771 bits per heavy atom. The molecule has 0 spiro atoms. The van der Waals surface area contributed by atoms with Gasteiger partial charge < -0.3 is 38.8 Å². The molecular formula is C26H58N2O7. The van der Waals surface area contributed by atoms with Crippen molar-refractivity contribution in [3.05, 3.63) is 0 Å². The highest BCUT2D eigenvalue weighted by Gasteiger charge is 2.16. The molecule has 0 radical (unpaired) electrons. The molecule has 0 aromatic carbocycles. The third-order valence-corrected chi connectivity index (χ3v) is 3.67. The summed E-state index contributed by atoms with van der Waals surface area (Å²) in [5.74, 6) is -0.347. The van der Waals surface area contributed by atoms with E-state index >= 15 is 0 Å². The monoisotopic (exact) mass is 510 g/mol. The molecule has 0 fully saturated rings. The maximum absolute atomic E-state index is 11.8. The maximum Gasteiger partial charge on any atom is 0.225 e. The summed E-state index contributed by atoms with van der Waals surface area (Å²) >= 11 is 0. The van der Waals surface area contributed by atoms with Crippen molar-refractivity contribution in [2.45, 2.75) is 68.2 Å². The molecule has 1 N–H and O–H groups in total. The Hall–Kier alpha value is -1.39. The van der Waals surface area contributed by atoms with Crippen LogP contribution in [0.25, 0.3) is 0 Å². The predicted octanol–water partition coefficient (Wildman–Crippen LogP) is 3.63. The van der Waals surface area contributed by atoms with Crippen LogP contribution in [0.3, 0.4) is 0 Å². The van der Waals surface area contributed by atoms with Gasteiger partial charge in [-0.1, -0.05) is 55.4 Å². The zero-order valence-corrected chi connectivity index (χ0v) is 24.5. The van der Waals surface area contributed by atoms with Crippen molar-refractivity contribution in [2.24, 2.45) is 5.92 Å². The average Bonchev–Trinajstić information content (AvgIpc) is 2.92. The van der Waals surface area contributed by atoms with E-state index in [-0.39, 0.29) is 18.2 Å². The second-order valence-corrected chi connectivity index (χ2v) is 6.18. The predicted molar refractivity (Wildman–Crippen MR) is 145 cm³/mol. The summed E-state index contributed by atoms with van der Waals surface area (Å²) in [6, 6.07) is 0. The van der Waals surface area contributed by atoms with Crippen LogP contribution >= 0.6 is 0 Å². The number of hydrogen-bond donors (Lipinski definition) is 1. The van der Waals surface area contributed by atoms with Crippen LogP contribution in [0, 0.1) is 5.92 Å². The molecule has 0 aromatic heterocycles. The minimum Gasteiger partial charge on any atom is -0.379 e. The maximum atomic E-state index is 11.8. The Labute approximate surface area is 216 Å². The number of ether oxygens (including phenoxy) is 4. The summed E-state index contributed by atoms with van der Waals surface area (Å²) in [6.07, 6.45) is 2.23. The van der Waals surface area contributed by atoms with Crippen molar-refractivity contribution < 1.29 is 33.3 Å². The highest BCUT2D eigenvalue weighted by molar-refractivity contribution is 5.80. The van der Waals surface area contributed by atoms with Gasteiger partial charge in [0.05, 0.1) is 52.9 Å². The molecule has 0 aliphatic carbocycles. The van der Waals surface area contributed by atoms with Gasteiger partial charge in [-0.05, 0) is 13.6 Å². The molecular weight excluding hydrogens is 452 g/mol. The van der Waals surface area contributed by atoms with Crippen molar-refractivity contribution in [2.75, 3.05) is 80.0 Å². The first-order valence-electron chi connectivity index (χ1n) is 13.1. The molecule has 0 aliphatic heterocycles. The number of hydrogen-bond acceptors (Lipinski definition) is 8. The first-order chi connectivity index (χ1) is 17.0. The Kier molecular flexibility index (Phi) is 57.4. The Morgan fingerprint density at radius 2 is 1.14 bits per heavy atom. The molecule has 9 nitrogen and oxygen atoms in total. The van der Waals surface area contributed by atoms with Gasteiger partial charge in [-0.15, -0.1) is 0 Å². The number of carbonyl (C=O) groups is 3. The van der Waals surface area contributed by atoms with E-state index in [2.05, 4.69) is 12.2 Å². The second-order valence-electron chi connectivity index (χ2n) is 6.18. The van der Waals surface area contributed by atoms with Crippen LogP contribution in [0.2, 0.25) is 0 Å². The fraction of sp³-hybridized carbons (Fsp3) is 0.885. The minimum absolute atomic E-state index is 0.0563. The zero-order chi connectivity index (χ0) is 28.2. The molecule has 1 unspecified atom stereocenters. The van der Waals surface area contributed by atoms with E-state index in [0.717, 1.165) is 19.1 Å². The van der Waals surface area contributed by atoms with Crippen molar-refractivity contribution >= 4 is 18.5 Å². The quantitative estimate of drug-likeness (QED) is 0.208. The summed E-state index contributed by atoms with van der Waals surface area (Å²) < 4.78 is 21.2. The molecule has 9 heteroatoms. The lowest BCUT2D eigenvalue weighted by atomic mass is 10.1. The molecule has 0 aromatic rings. The fourth-order valence-corrected chi connectivity index (χ4v) is 1.83. The molecule has 0 saturated carbocycles. The van der Waals surface area contributed by atoms with E-state index in [1.54, 1.807) is 18.9 Å². The van der Waals surface area contributed by atoms with Crippen molar-refractivity contribution in [3.8, 4) is 0 Å². The lowest BCUT2D eigenvalue weighted by molar-refractivity contribution is -0.135. The van der Waals surface area contributed by atoms with Crippen LogP contribution in [0.15, 0.2) is 0 Å². The van der Waals surface area contributed by atoms with Gasteiger partial charge in [-0.3, -0.25) is 4.79 Å². The van der Waals surface area contributed by atoms with Crippen molar-refractivity contribution in [3.63, 3.8) is 0 Å². The van der Waals surface area contributed by atoms with Crippen molar-refractivity contribution in [1.82, 2.24) is 10.2 Å². The van der Waals surface area contributed by atoms with E-state index in [0.29, 0.717) is 65.8 Å². The summed E-state index contributed by atoms with van der Waals surface area (Å²) in [6.45, 7) is 21.0. The van der Waals surface area contributed by atoms with E-state index in [9.17, 15) is 14.4 Å².